The molecule has 116 valence electrons. The van der Waals surface area contributed by atoms with Crippen molar-refractivity contribution in [1.82, 2.24) is 9.78 Å². The van der Waals surface area contributed by atoms with Gasteiger partial charge >= 0.3 is 0 Å². The number of halogens is 1. The van der Waals surface area contributed by atoms with Crippen molar-refractivity contribution in [2.75, 3.05) is 10.6 Å². The van der Waals surface area contributed by atoms with E-state index >= 15 is 0 Å². The first-order valence-corrected chi connectivity index (χ1v) is 7.89. The van der Waals surface area contributed by atoms with Crippen LogP contribution in [0.5, 0.6) is 0 Å². The van der Waals surface area contributed by atoms with Crippen molar-refractivity contribution in [2.24, 2.45) is 0 Å². The summed E-state index contributed by atoms with van der Waals surface area (Å²) in [7, 11) is 0. The first kappa shape index (κ1) is 16.5. The van der Waals surface area contributed by atoms with E-state index in [1.54, 1.807) is 28.9 Å². The molecule has 6 nitrogen and oxygen atoms in total. The summed E-state index contributed by atoms with van der Waals surface area (Å²) in [5.41, 5.74) is 2.37. The number of rotatable bonds is 5. The SMILES string of the molecule is CC(=O)Nc1ccc(NC(=O)CCn2cc(I)c(C)n2)cc1. The van der Waals surface area contributed by atoms with Gasteiger partial charge in [-0.05, 0) is 53.8 Å². The van der Waals surface area contributed by atoms with Gasteiger partial charge in [0.1, 0.15) is 0 Å². The molecule has 0 fully saturated rings. The lowest BCUT2D eigenvalue weighted by Gasteiger charge is -2.07. The van der Waals surface area contributed by atoms with E-state index in [0.29, 0.717) is 24.3 Å². The standard InChI is InChI=1S/C15H17IN4O2/c1-10-14(16)9-20(19-10)8-7-15(22)18-13-5-3-12(4-6-13)17-11(2)21/h3-6,9H,7-8H2,1-2H3,(H,17,21)(H,18,22). The summed E-state index contributed by atoms with van der Waals surface area (Å²) < 4.78 is 2.86. The fourth-order valence-corrected chi connectivity index (χ4v) is 2.32. The van der Waals surface area contributed by atoms with Crippen LogP contribution in [-0.4, -0.2) is 21.6 Å². The quantitative estimate of drug-likeness (QED) is 0.742. The molecular formula is C15H17IN4O2. The molecule has 0 spiro atoms. The molecule has 0 unspecified atom stereocenters. The summed E-state index contributed by atoms with van der Waals surface area (Å²) in [6.07, 6.45) is 2.27. The van der Waals surface area contributed by atoms with Gasteiger partial charge < -0.3 is 10.6 Å². The molecule has 2 aromatic rings. The Balaban J connectivity index is 1.85. The van der Waals surface area contributed by atoms with Crippen LogP contribution in [0.1, 0.15) is 19.0 Å². The highest BCUT2D eigenvalue weighted by atomic mass is 127. The first-order valence-electron chi connectivity index (χ1n) is 6.81. The van der Waals surface area contributed by atoms with Gasteiger partial charge in [0.05, 0.1) is 9.26 Å². The number of hydrogen-bond donors (Lipinski definition) is 2. The second-order valence-corrected chi connectivity index (χ2v) is 6.04. The van der Waals surface area contributed by atoms with Crippen molar-refractivity contribution in [3.8, 4) is 0 Å². The van der Waals surface area contributed by atoms with Crippen molar-refractivity contribution < 1.29 is 9.59 Å². The lowest BCUT2D eigenvalue weighted by molar-refractivity contribution is -0.116. The van der Waals surface area contributed by atoms with Crippen LogP contribution in [0.15, 0.2) is 30.5 Å². The Morgan fingerprint density at radius 2 is 1.77 bits per heavy atom. The Labute approximate surface area is 142 Å². The first-order chi connectivity index (χ1) is 10.4. The van der Waals surface area contributed by atoms with Crippen LogP contribution in [0, 0.1) is 10.5 Å². The summed E-state index contributed by atoms with van der Waals surface area (Å²) in [4.78, 5) is 22.8. The predicted molar refractivity (Wildman–Crippen MR) is 93.7 cm³/mol. The number of aryl methyl sites for hydroxylation is 2. The minimum atomic E-state index is -0.124. The number of hydrogen-bond acceptors (Lipinski definition) is 3. The van der Waals surface area contributed by atoms with Gasteiger partial charge in [-0.15, -0.1) is 0 Å². The van der Waals surface area contributed by atoms with Crippen LogP contribution in [0.25, 0.3) is 0 Å². The zero-order valence-corrected chi connectivity index (χ0v) is 14.5. The molecule has 2 rings (SSSR count). The Hall–Kier alpha value is -1.90. The number of benzene rings is 1. The molecule has 1 heterocycles. The highest BCUT2D eigenvalue weighted by Gasteiger charge is 2.06. The second-order valence-electron chi connectivity index (χ2n) is 4.88. The number of amides is 2. The maximum Gasteiger partial charge on any atom is 0.226 e. The maximum atomic E-state index is 11.9. The molecule has 0 radical (unpaired) electrons. The van der Waals surface area contributed by atoms with Crippen LogP contribution in [0.4, 0.5) is 11.4 Å². The molecule has 0 saturated heterocycles. The summed E-state index contributed by atoms with van der Waals surface area (Å²) in [6, 6.07) is 7.00. The third-order valence-electron chi connectivity index (χ3n) is 2.94. The van der Waals surface area contributed by atoms with Crippen LogP contribution in [0.2, 0.25) is 0 Å². The molecule has 0 aliphatic heterocycles. The van der Waals surface area contributed by atoms with Gasteiger partial charge in [0, 0.05) is 37.5 Å². The molecule has 2 amide bonds. The molecule has 22 heavy (non-hydrogen) atoms. The highest BCUT2D eigenvalue weighted by molar-refractivity contribution is 14.1. The van der Waals surface area contributed by atoms with Gasteiger partial charge in [0.25, 0.3) is 0 Å². The number of nitrogens with zero attached hydrogens (tertiary/aromatic N) is 2. The average Bonchev–Trinajstić information content (AvgIpc) is 2.77. The normalized spacial score (nSPS) is 10.3. The van der Waals surface area contributed by atoms with Gasteiger partial charge in [-0.1, -0.05) is 0 Å². The Kier molecular flexibility index (Phi) is 5.53. The minimum absolute atomic E-state index is 0.0737. The van der Waals surface area contributed by atoms with E-state index < -0.39 is 0 Å². The smallest absolute Gasteiger partial charge is 0.226 e. The fraction of sp³-hybridized carbons (Fsp3) is 0.267. The van der Waals surface area contributed by atoms with Crippen LogP contribution in [0.3, 0.4) is 0 Å². The van der Waals surface area contributed by atoms with E-state index in [2.05, 4.69) is 38.3 Å². The fourth-order valence-electron chi connectivity index (χ4n) is 1.89. The summed E-state index contributed by atoms with van der Waals surface area (Å²) in [5, 5.41) is 9.81. The van der Waals surface area contributed by atoms with Gasteiger partial charge in [-0.25, -0.2) is 0 Å². The monoisotopic (exact) mass is 412 g/mol. The third-order valence-corrected chi connectivity index (χ3v) is 4.00. The number of anilines is 2. The van der Waals surface area contributed by atoms with Gasteiger partial charge in [0.2, 0.25) is 11.8 Å². The van der Waals surface area contributed by atoms with E-state index in [-0.39, 0.29) is 11.8 Å². The van der Waals surface area contributed by atoms with E-state index in [4.69, 9.17) is 0 Å². The maximum absolute atomic E-state index is 11.9. The van der Waals surface area contributed by atoms with Crippen molar-refractivity contribution in [3.05, 3.63) is 39.7 Å². The zero-order valence-electron chi connectivity index (χ0n) is 12.4. The Morgan fingerprint density at radius 3 is 2.27 bits per heavy atom. The molecular weight excluding hydrogens is 395 g/mol. The molecule has 1 aromatic carbocycles. The van der Waals surface area contributed by atoms with E-state index in [1.165, 1.54) is 6.92 Å². The van der Waals surface area contributed by atoms with Gasteiger partial charge in [0.15, 0.2) is 0 Å². The van der Waals surface area contributed by atoms with Crippen molar-refractivity contribution in [1.29, 1.82) is 0 Å². The van der Waals surface area contributed by atoms with E-state index in [9.17, 15) is 9.59 Å². The summed E-state index contributed by atoms with van der Waals surface area (Å²) >= 11 is 2.22. The zero-order chi connectivity index (χ0) is 16.1. The molecule has 2 N–H and O–H groups in total. The number of carbonyl (C=O) groups excluding carboxylic acids is 2. The van der Waals surface area contributed by atoms with E-state index in [0.717, 1.165) is 9.26 Å². The van der Waals surface area contributed by atoms with Crippen molar-refractivity contribution in [3.63, 3.8) is 0 Å². The molecule has 7 heteroatoms. The molecule has 0 bridgehead atoms. The average molecular weight is 412 g/mol. The molecule has 0 aliphatic rings. The lowest BCUT2D eigenvalue weighted by Crippen LogP contribution is -2.15. The highest BCUT2D eigenvalue weighted by Crippen LogP contribution is 2.14. The summed E-state index contributed by atoms with van der Waals surface area (Å²) in [6.45, 7) is 3.93. The molecule has 1 aromatic heterocycles. The molecule has 0 saturated carbocycles. The third kappa shape index (κ3) is 4.83. The Morgan fingerprint density at radius 1 is 1.18 bits per heavy atom. The van der Waals surface area contributed by atoms with Crippen molar-refractivity contribution in [2.45, 2.75) is 26.8 Å². The van der Waals surface area contributed by atoms with Crippen molar-refractivity contribution >= 4 is 45.8 Å². The topological polar surface area (TPSA) is 76.0 Å². The molecule has 0 aliphatic carbocycles. The molecule has 0 atom stereocenters. The predicted octanol–water partition coefficient (Wildman–Crippen LogP) is 2.78. The Bertz CT molecular complexity index is 660. The summed E-state index contributed by atoms with van der Waals surface area (Å²) in [5.74, 6) is -0.198. The van der Waals surface area contributed by atoms with E-state index in [1.807, 2.05) is 13.1 Å². The van der Waals surface area contributed by atoms with Gasteiger partial charge in [-0.3, -0.25) is 14.3 Å². The number of aromatic nitrogens is 2. The number of carbonyl (C=O) groups is 2. The lowest BCUT2D eigenvalue weighted by atomic mass is 10.2. The second kappa shape index (κ2) is 7.39. The van der Waals surface area contributed by atoms with Gasteiger partial charge in [-0.2, -0.15) is 5.10 Å². The largest absolute Gasteiger partial charge is 0.326 e. The van der Waals surface area contributed by atoms with Crippen LogP contribution in [-0.2, 0) is 16.1 Å². The number of nitrogens with one attached hydrogen (secondary N) is 2. The van der Waals surface area contributed by atoms with Crippen LogP contribution >= 0.6 is 22.6 Å². The van der Waals surface area contributed by atoms with Crippen LogP contribution < -0.4 is 10.6 Å². The minimum Gasteiger partial charge on any atom is -0.326 e.